The molecule has 2 aliphatic heterocycles. The van der Waals surface area contributed by atoms with Gasteiger partial charge < -0.3 is 15.5 Å². The van der Waals surface area contributed by atoms with Crippen molar-refractivity contribution in [2.75, 3.05) is 19.6 Å². The normalized spacial score (nSPS) is 29.9. The van der Waals surface area contributed by atoms with Gasteiger partial charge in [0.25, 0.3) is 0 Å². The highest BCUT2D eigenvalue weighted by Crippen LogP contribution is 2.15. The minimum Gasteiger partial charge on any atom is -0.355 e. The Morgan fingerprint density at radius 3 is 2.75 bits per heavy atom. The maximum absolute atomic E-state index is 12.1. The van der Waals surface area contributed by atoms with Crippen LogP contribution in [0.5, 0.6) is 0 Å². The number of nitrogens with one attached hydrogen (secondary N) is 2. The molecule has 2 rings (SSSR count). The van der Waals surface area contributed by atoms with E-state index in [4.69, 9.17) is 0 Å². The molecule has 6 nitrogen and oxygen atoms in total. The monoisotopic (exact) mass is 225 g/mol. The highest BCUT2D eigenvalue weighted by Gasteiger charge is 2.36. The molecule has 2 atom stereocenters. The molecule has 2 aliphatic rings. The Bertz CT molecular complexity index is 342. The molecule has 2 heterocycles. The summed E-state index contributed by atoms with van der Waals surface area (Å²) in [4.78, 5) is 36.0. The number of nitrogens with zero attached hydrogens (tertiary/aromatic N) is 1. The van der Waals surface area contributed by atoms with Crippen molar-refractivity contribution in [3.63, 3.8) is 0 Å². The van der Waals surface area contributed by atoms with Gasteiger partial charge in [0.05, 0.1) is 5.92 Å². The van der Waals surface area contributed by atoms with E-state index in [1.807, 2.05) is 0 Å². The van der Waals surface area contributed by atoms with E-state index in [0.717, 1.165) is 0 Å². The van der Waals surface area contributed by atoms with Crippen molar-refractivity contribution in [1.82, 2.24) is 15.5 Å². The quantitative estimate of drug-likeness (QED) is 0.568. The molecule has 2 N–H and O–H groups in total. The van der Waals surface area contributed by atoms with E-state index in [2.05, 4.69) is 10.6 Å². The Kier molecular flexibility index (Phi) is 2.80. The molecule has 0 aromatic carbocycles. The van der Waals surface area contributed by atoms with Crippen molar-refractivity contribution in [2.45, 2.75) is 19.4 Å². The van der Waals surface area contributed by atoms with E-state index in [0.29, 0.717) is 19.6 Å². The number of rotatable bonds is 1. The lowest BCUT2D eigenvalue weighted by Gasteiger charge is -2.34. The van der Waals surface area contributed by atoms with Crippen LogP contribution in [0.3, 0.4) is 0 Å². The molecule has 0 aliphatic carbocycles. The summed E-state index contributed by atoms with van der Waals surface area (Å²) in [7, 11) is 0. The zero-order chi connectivity index (χ0) is 11.7. The number of hydrogen-bond acceptors (Lipinski definition) is 3. The van der Waals surface area contributed by atoms with Gasteiger partial charge in [-0.05, 0) is 6.92 Å². The van der Waals surface area contributed by atoms with Crippen LogP contribution in [0, 0.1) is 5.92 Å². The Morgan fingerprint density at radius 1 is 1.38 bits per heavy atom. The number of carbonyl (C=O) groups is 3. The molecule has 2 unspecified atom stereocenters. The minimum absolute atomic E-state index is 0.0903. The van der Waals surface area contributed by atoms with Crippen LogP contribution in [0.4, 0.5) is 0 Å². The first kappa shape index (κ1) is 10.9. The molecule has 88 valence electrons. The van der Waals surface area contributed by atoms with Crippen LogP contribution in [-0.2, 0) is 14.4 Å². The molecule has 0 radical (unpaired) electrons. The molecule has 2 fully saturated rings. The molecule has 0 aromatic rings. The van der Waals surface area contributed by atoms with Crippen molar-refractivity contribution >= 4 is 17.7 Å². The lowest BCUT2D eigenvalue weighted by Crippen LogP contribution is -2.57. The average molecular weight is 225 g/mol. The highest BCUT2D eigenvalue weighted by molar-refractivity contribution is 5.93. The SMILES string of the molecule is CC1C(=O)NCCN1C(=O)C1CNC(=O)C1. The van der Waals surface area contributed by atoms with Gasteiger partial charge in [0.1, 0.15) is 6.04 Å². The van der Waals surface area contributed by atoms with Gasteiger partial charge in [-0.1, -0.05) is 0 Å². The van der Waals surface area contributed by atoms with Gasteiger partial charge in [-0.2, -0.15) is 0 Å². The summed E-state index contributed by atoms with van der Waals surface area (Å²) in [6.45, 7) is 3.11. The van der Waals surface area contributed by atoms with Gasteiger partial charge >= 0.3 is 0 Å². The summed E-state index contributed by atoms with van der Waals surface area (Å²) in [5, 5.41) is 5.33. The number of amides is 3. The fourth-order valence-corrected chi connectivity index (χ4v) is 2.10. The Balaban J connectivity index is 2.03. The van der Waals surface area contributed by atoms with Crippen molar-refractivity contribution in [1.29, 1.82) is 0 Å². The predicted molar refractivity (Wildman–Crippen MR) is 55.3 cm³/mol. The van der Waals surface area contributed by atoms with E-state index in [1.54, 1.807) is 11.8 Å². The van der Waals surface area contributed by atoms with E-state index in [1.165, 1.54) is 0 Å². The van der Waals surface area contributed by atoms with Crippen LogP contribution in [0.1, 0.15) is 13.3 Å². The molecule has 0 spiro atoms. The van der Waals surface area contributed by atoms with E-state index >= 15 is 0 Å². The topological polar surface area (TPSA) is 78.5 Å². The maximum atomic E-state index is 12.1. The molecule has 16 heavy (non-hydrogen) atoms. The van der Waals surface area contributed by atoms with E-state index in [9.17, 15) is 14.4 Å². The second kappa shape index (κ2) is 4.11. The van der Waals surface area contributed by atoms with E-state index in [-0.39, 0.29) is 30.1 Å². The molecule has 3 amide bonds. The summed E-state index contributed by atoms with van der Waals surface area (Å²) >= 11 is 0. The Labute approximate surface area is 93.4 Å². The smallest absolute Gasteiger partial charge is 0.242 e. The van der Waals surface area contributed by atoms with Crippen molar-refractivity contribution in [3.8, 4) is 0 Å². The summed E-state index contributed by atoms with van der Waals surface area (Å²) < 4.78 is 0. The van der Waals surface area contributed by atoms with Crippen molar-refractivity contribution in [2.24, 2.45) is 5.92 Å². The van der Waals surface area contributed by atoms with Crippen LogP contribution < -0.4 is 10.6 Å². The second-order valence-corrected chi connectivity index (χ2v) is 4.20. The number of piperazine rings is 1. The standard InChI is InChI=1S/C10H15N3O3/c1-6-9(15)11-2-3-13(6)10(16)7-4-8(14)12-5-7/h6-7H,2-5H2,1H3,(H,11,15)(H,12,14). The Hall–Kier alpha value is -1.59. The lowest BCUT2D eigenvalue weighted by atomic mass is 10.0. The minimum atomic E-state index is -0.433. The predicted octanol–water partition coefficient (Wildman–Crippen LogP) is -1.53. The van der Waals surface area contributed by atoms with Gasteiger partial charge in [-0.15, -0.1) is 0 Å². The highest BCUT2D eigenvalue weighted by atomic mass is 16.2. The second-order valence-electron chi connectivity index (χ2n) is 4.20. The first-order chi connectivity index (χ1) is 7.59. The maximum Gasteiger partial charge on any atom is 0.242 e. The third kappa shape index (κ3) is 1.87. The van der Waals surface area contributed by atoms with Gasteiger partial charge in [-0.3, -0.25) is 14.4 Å². The summed E-state index contributed by atoms with van der Waals surface area (Å²) in [5.74, 6) is -0.620. The fourth-order valence-electron chi connectivity index (χ4n) is 2.10. The van der Waals surface area contributed by atoms with Gasteiger partial charge in [0.15, 0.2) is 0 Å². The third-order valence-corrected chi connectivity index (χ3v) is 3.11. The molecule has 2 saturated heterocycles. The first-order valence-corrected chi connectivity index (χ1v) is 5.44. The van der Waals surface area contributed by atoms with Crippen LogP contribution in [0.2, 0.25) is 0 Å². The number of hydrogen-bond donors (Lipinski definition) is 2. The van der Waals surface area contributed by atoms with Gasteiger partial charge in [0, 0.05) is 26.1 Å². The summed E-state index contributed by atoms with van der Waals surface area (Å²) in [5.41, 5.74) is 0. The number of carbonyl (C=O) groups excluding carboxylic acids is 3. The van der Waals surface area contributed by atoms with Crippen LogP contribution in [0.15, 0.2) is 0 Å². The van der Waals surface area contributed by atoms with Gasteiger partial charge in [-0.25, -0.2) is 0 Å². The summed E-state index contributed by atoms with van der Waals surface area (Å²) in [6.07, 6.45) is 0.240. The molecular formula is C10H15N3O3. The average Bonchev–Trinajstić information content (AvgIpc) is 2.68. The van der Waals surface area contributed by atoms with Crippen LogP contribution in [0.25, 0.3) is 0 Å². The zero-order valence-corrected chi connectivity index (χ0v) is 9.16. The molecule has 0 bridgehead atoms. The van der Waals surface area contributed by atoms with E-state index < -0.39 is 6.04 Å². The fraction of sp³-hybridized carbons (Fsp3) is 0.700. The first-order valence-electron chi connectivity index (χ1n) is 5.44. The van der Waals surface area contributed by atoms with Crippen LogP contribution >= 0.6 is 0 Å². The molecule has 0 aromatic heterocycles. The lowest BCUT2D eigenvalue weighted by molar-refractivity contribution is -0.145. The molecular weight excluding hydrogens is 210 g/mol. The molecule has 6 heteroatoms. The van der Waals surface area contributed by atoms with Crippen molar-refractivity contribution in [3.05, 3.63) is 0 Å². The van der Waals surface area contributed by atoms with Crippen molar-refractivity contribution < 1.29 is 14.4 Å². The van der Waals surface area contributed by atoms with Gasteiger partial charge in [0.2, 0.25) is 17.7 Å². The molecule has 0 saturated carbocycles. The third-order valence-electron chi connectivity index (χ3n) is 3.11. The largest absolute Gasteiger partial charge is 0.355 e. The zero-order valence-electron chi connectivity index (χ0n) is 9.16. The summed E-state index contributed by atoms with van der Waals surface area (Å²) in [6, 6.07) is -0.433. The Morgan fingerprint density at radius 2 is 2.12 bits per heavy atom. The van der Waals surface area contributed by atoms with Crippen LogP contribution in [-0.4, -0.2) is 48.3 Å².